The van der Waals surface area contributed by atoms with E-state index < -0.39 is 40.9 Å². The third kappa shape index (κ3) is 5.49. The Hall–Kier alpha value is -3.56. The molecule has 1 aromatic heterocycles. The Kier molecular flexibility index (Phi) is 7.48. The van der Waals surface area contributed by atoms with Crippen LogP contribution in [0.3, 0.4) is 0 Å². The van der Waals surface area contributed by atoms with Crippen LogP contribution < -0.4 is 14.8 Å². The van der Waals surface area contributed by atoms with Crippen molar-refractivity contribution in [3.05, 3.63) is 71.3 Å². The van der Waals surface area contributed by atoms with Crippen molar-refractivity contribution in [3.63, 3.8) is 0 Å². The van der Waals surface area contributed by atoms with E-state index in [1.165, 1.54) is 19.2 Å². The first-order valence-corrected chi connectivity index (χ1v) is 10.5. The topological polar surface area (TPSA) is 65.4 Å². The zero-order valence-corrected chi connectivity index (χ0v) is 19.1. The number of alkyl halides is 3. The number of hydrogen-bond donors (Lipinski definition) is 1. The maximum Gasteiger partial charge on any atom is 0.434 e. The van der Waals surface area contributed by atoms with E-state index in [-0.39, 0.29) is 0 Å². The molecular weight excluding hydrogens is 454 g/mol. The van der Waals surface area contributed by atoms with Crippen LogP contribution in [0.15, 0.2) is 48.7 Å². The van der Waals surface area contributed by atoms with Gasteiger partial charge in [-0.1, -0.05) is 32.0 Å². The van der Waals surface area contributed by atoms with Gasteiger partial charge in [0.1, 0.15) is 11.5 Å². The number of hydrogen-bond acceptors (Lipinski definition) is 4. The number of carbonyl (C=O) groups excluding carboxylic acids is 1. The number of amides is 1. The highest BCUT2D eigenvalue weighted by Crippen LogP contribution is 2.35. The summed E-state index contributed by atoms with van der Waals surface area (Å²) in [5, 5.41) is 6.19. The van der Waals surface area contributed by atoms with Crippen LogP contribution in [-0.4, -0.2) is 29.4 Å². The summed E-state index contributed by atoms with van der Waals surface area (Å²) in [6.45, 7) is 6.11. The van der Waals surface area contributed by atoms with E-state index in [1.54, 1.807) is 25.1 Å². The van der Waals surface area contributed by atoms with Gasteiger partial charge in [0.2, 0.25) is 0 Å². The van der Waals surface area contributed by atoms with Gasteiger partial charge in [-0.2, -0.15) is 18.3 Å². The maximum absolute atomic E-state index is 14.1. The molecule has 0 aliphatic carbocycles. The van der Waals surface area contributed by atoms with Crippen LogP contribution in [0.5, 0.6) is 11.5 Å². The van der Waals surface area contributed by atoms with Gasteiger partial charge < -0.3 is 14.8 Å². The number of carbonyl (C=O) groups is 1. The first-order valence-electron chi connectivity index (χ1n) is 10.5. The average molecular weight is 479 g/mol. The quantitative estimate of drug-likeness (QED) is 0.430. The molecular formula is C24H25F4N3O3. The highest BCUT2D eigenvalue weighted by Gasteiger charge is 2.41. The fourth-order valence-electron chi connectivity index (χ4n) is 3.28. The smallest absolute Gasteiger partial charge is 0.434 e. The first-order chi connectivity index (χ1) is 16.0. The number of halogens is 4. The minimum absolute atomic E-state index is 0.302. The summed E-state index contributed by atoms with van der Waals surface area (Å²) in [5.41, 5.74) is -1.90. The van der Waals surface area contributed by atoms with E-state index in [2.05, 4.69) is 10.4 Å². The Morgan fingerprint density at radius 1 is 1.12 bits per heavy atom. The van der Waals surface area contributed by atoms with Crippen molar-refractivity contribution < 1.29 is 31.8 Å². The van der Waals surface area contributed by atoms with E-state index in [1.807, 2.05) is 13.8 Å². The molecule has 0 fully saturated rings. The van der Waals surface area contributed by atoms with Crippen molar-refractivity contribution in [1.82, 2.24) is 15.1 Å². The molecule has 0 aliphatic heterocycles. The second kappa shape index (κ2) is 10.1. The van der Waals surface area contributed by atoms with Crippen LogP contribution in [0.2, 0.25) is 0 Å². The lowest BCUT2D eigenvalue weighted by molar-refractivity contribution is -0.143. The summed E-state index contributed by atoms with van der Waals surface area (Å²) < 4.78 is 67.2. The second-order valence-electron chi connectivity index (χ2n) is 8.08. The van der Waals surface area contributed by atoms with Gasteiger partial charge in [-0.25, -0.2) is 9.07 Å². The van der Waals surface area contributed by atoms with Crippen LogP contribution in [0.1, 0.15) is 48.4 Å². The van der Waals surface area contributed by atoms with Crippen LogP contribution in [0, 0.1) is 11.7 Å². The van der Waals surface area contributed by atoms with Crippen molar-refractivity contribution in [2.24, 2.45) is 5.92 Å². The summed E-state index contributed by atoms with van der Waals surface area (Å²) in [7, 11) is 1.47. The van der Waals surface area contributed by atoms with E-state index in [4.69, 9.17) is 9.47 Å². The predicted molar refractivity (Wildman–Crippen MR) is 118 cm³/mol. The van der Waals surface area contributed by atoms with Crippen molar-refractivity contribution in [3.8, 4) is 17.2 Å². The fraction of sp³-hybridized carbons (Fsp3) is 0.333. The number of nitrogens with one attached hydrogen (secondary N) is 1. The molecule has 2 aromatic carbocycles. The Labute approximate surface area is 194 Å². The molecule has 1 heterocycles. The SMILES string of the molecule is COc1cc(C(C)NC(=O)c2cnn(-c3ccccc3F)c2C(F)(F)F)ccc1OCC(C)C. The van der Waals surface area contributed by atoms with Crippen LogP contribution in [-0.2, 0) is 6.18 Å². The largest absolute Gasteiger partial charge is 0.493 e. The summed E-state index contributed by atoms with van der Waals surface area (Å²) in [5.74, 6) is -0.646. The van der Waals surface area contributed by atoms with E-state index in [0.717, 1.165) is 18.3 Å². The van der Waals surface area contributed by atoms with Gasteiger partial charge in [-0.15, -0.1) is 0 Å². The molecule has 3 rings (SSSR count). The summed E-state index contributed by atoms with van der Waals surface area (Å²) in [6.07, 6.45) is -4.17. The highest BCUT2D eigenvalue weighted by molar-refractivity contribution is 5.95. The Morgan fingerprint density at radius 3 is 2.44 bits per heavy atom. The molecule has 0 radical (unpaired) electrons. The molecule has 10 heteroatoms. The van der Waals surface area contributed by atoms with Crippen LogP contribution in [0.25, 0.3) is 5.69 Å². The number of para-hydroxylation sites is 1. The molecule has 182 valence electrons. The number of benzene rings is 2. The number of ether oxygens (including phenoxy) is 2. The first kappa shape index (κ1) is 25.1. The van der Waals surface area contributed by atoms with Crippen molar-refractivity contribution in [2.75, 3.05) is 13.7 Å². The number of nitrogens with zero attached hydrogens (tertiary/aromatic N) is 2. The lowest BCUT2D eigenvalue weighted by Crippen LogP contribution is -2.29. The minimum Gasteiger partial charge on any atom is -0.493 e. The van der Waals surface area contributed by atoms with Crippen molar-refractivity contribution >= 4 is 5.91 Å². The third-order valence-corrected chi connectivity index (χ3v) is 4.97. The molecule has 0 bridgehead atoms. The summed E-state index contributed by atoms with van der Waals surface area (Å²) in [4.78, 5) is 12.8. The second-order valence-corrected chi connectivity index (χ2v) is 8.08. The Balaban J connectivity index is 1.88. The minimum atomic E-state index is -4.95. The van der Waals surface area contributed by atoms with Gasteiger partial charge >= 0.3 is 6.18 Å². The van der Waals surface area contributed by atoms with Gasteiger partial charge in [0.15, 0.2) is 17.2 Å². The van der Waals surface area contributed by atoms with E-state index in [0.29, 0.717) is 34.3 Å². The Bertz CT molecular complexity index is 1160. The van der Waals surface area contributed by atoms with Gasteiger partial charge in [0.25, 0.3) is 5.91 Å². The maximum atomic E-state index is 14.1. The molecule has 1 N–H and O–H groups in total. The monoisotopic (exact) mass is 479 g/mol. The molecule has 0 saturated carbocycles. The normalized spacial score (nSPS) is 12.5. The molecule has 1 atom stereocenters. The predicted octanol–water partition coefficient (Wildman–Crippen LogP) is 5.56. The summed E-state index contributed by atoms with van der Waals surface area (Å²) in [6, 6.07) is 9.24. The molecule has 1 amide bonds. The fourth-order valence-corrected chi connectivity index (χ4v) is 3.28. The highest BCUT2D eigenvalue weighted by atomic mass is 19.4. The van der Waals surface area contributed by atoms with Gasteiger partial charge in [-0.3, -0.25) is 4.79 Å². The van der Waals surface area contributed by atoms with Gasteiger partial charge in [-0.05, 0) is 42.7 Å². The lowest BCUT2D eigenvalue weighted by atomic mass is 10.1. The number of methoxy groups -OCH3 is 1. The zero-order valence-electron chi connectivity index (χ0n) is 19.1. The van der Waals surface area contributed by atoms with Crippen LogP contribution in [0.4, 0.5) is 17.6 Å². The van der Waals surface area contributed by atoms with Crippen molar-refractivity contribution in [1.29, 1.82) is 0 Å². The zero-order chi connectivity index (χ0) is 25.0. The van der Waals surface area contributed by atoms with E-state index >= 15 is 0 Å². The molecule has 0 aliphatic rings. The van der Waals surface area contributed by atoms with Crippen molar-refractivity contribution in [2.45, 2.75) is 33.0 Å². The Morgan fingerprint density at radius 2 is 1.82 bits per heavy atom. The average Bonchev–Trinajstić information content (AvgIpc) is 3.23. The number of aromatic nitrogens is 2. The molecule has 3 aromatic rings. The molecule has 0 saturated heterocycles. The molecule has 1 unspecified atom stereocenters. The number of rotatable bonds is 8. The molecule has 6 nitrogen and oxygen atoms in total. The van der Waals surface area contributed by atoms with Gasteiger partial charge in [0, 0.05) is 0 Å². The van der Waals surface area contributed by atoms with Gasteiger partial charge in [0.05, 0.1) is 31.5 Å². The molecule has 34 heavy (non-hydrogen) atoms. The van der Waals surface area contributed by atoms with E-state index in [9.17, 15) is 22.4 Å². The van der Waals surface area contributed by atoms with Crippen LogP contribution >= 0.6 is 0 Å². The summed E-state index contributed by atoms with van der Waals surface area (Å²) >= 11 is 0. The standard InChI is InChI=1S/C24H25F4N3O3/c1-14(2)13-34-20-10-9-16(11-21(20)33-4)15(3)30-23(32)17-12-29-31(22(17)24(26,27)28)19-8-6-5-7-18(19)25/h5-12,14-15H,13H2,1-4H3,(H,30,32). The molecule has 0 spiro atoms. The third-order valence-electron chi connectivity index (χ3n) is 4.97. The lowest BCUT2D eigenvalue weighted by Gasteiger charge is -2.18.